The quantitative estimate of drug-likeness (QED) is 0.259. The van der Waals surface area contributed by atoms with Crippen molar-refractivity contribution in [1.82, 2.24) is 0 Å². The van der Waals surface area contributed by atoms with Crippen molar-refractivity contribution in [3.05, 3.63) is 103 Å². The fraction of sp³-hybridized carbons (Fsp3) is 0.250. The van der Waals surface area contributed by atoms with E-state index in [1.165, 1.54) is 0 Å². The number of hydrogen-bond donors (Lipinski definition) is 0. The van der Waals surface area contributed by atoms with Gasteiger partial charge in [-0.2, -0.15) is 0 Å². The van der Waals surface area contributed by atoms with E-state index < -0.39 is 9.84 Å². The van der Waals surface area contributed by atoms with Crippen molar-refractivity contribution in [1.29, 1.82) is 0 Å². The predicted octanol–water partition coefficient (Wildman–Crippen LogP) is 8.45. The van der Waals surface area contributed by atoms with E-state index in [1.54, 1.807) is 36.4 Å². The van der Waals surface area contributed by atoms with E-state index in [2.05, 4.69) is 20.8 Å². The molecule has 4 nitrogen and oxygen atoms in total. The first kappa shape index (κ1) is 26.5. The van der Waals surface area contributed by atoms with E-state index in [-0.39, 0.29) is 20.8 Å². The van der Waals surface area contributed by atoms with Crippen molar-refractivity contribution in [3.63, 3.8) is 0 Å². The molecule has 0 aliphatic heterocycles. The second-order valence-electron chi connectivity index (χ2n) is 11.1. The van der Waals surface area contributed by atoms with Crippen molar-refractivity contribution in [2.45, 2.75) is 62.3 Å². The van der Waals surface area contributed by atoms with Crippen LogP contribution in [0.2, 0.25) is 0 Å². The maximum atomic E-state index is 13.1. The summed E-state index contributed by atoms with van der Waals surface area (Å²) in [5.74, 6) is 2.08. The number of rotatable bonds is 6. The van der Waals surface area contributed by atoms with Crippen LogP contribution in [0.1, 0.15) is 47.1 Å². The van der Waals surface area contributed by atoms with Crippen molar-refractivity contribution >= 4 is 9.84 Å². The molecule has 0 fully saturated rings. The molecule has 4 aromatic rings. The minimum absolute atomic E-state index is 0.0366. The van der Waals surface area contributed by atoms with Gasteiger partial charge in [-0.3, -0.25) is 0 Å². The Labute approximate surface area is 220 Å². The molecule has 4 rings (SSSR count). The molecule has 0 N–H and O–H groups in total. The molecule has 0 unspecified atom stereocenters. The normalized spacial score (nSPS) is 12.3. The Bertz CT molecular complexity index is 1440. The van der Waals surface area contributed by atoms with Gasteiger partial charge in [-0.1, -0.05) is 57.2 Å². The Kier molecular flexibility index (Phi) is 7.20. The van der Waals surface area contributed by atoms with Gasteiger partial charge in [-0.25, -0.2) is 8.42 Å². The second kappa shape index (κ2) is 10.1. The van der Waals surface area contributed by atoms with Crippen LogP contribution in [0.5, 0.6) is 17.2 Å². The predicted molar refractivity (Wildman–Crippen MR) is 149 cm³/mol. The fourth-order valence-corrected chi connectivity index (χ4v) is 5.14. The molecule has 4 aromatic carbocycles. The number of ether oxygens (including phenoxy) is 2. The lowest BCUT2D eigenvalue weighted by molar-refractivity contribution is 0.131. The van der Waals surface area contributed by atoms with E-state index >= 15 is 0 Å². The van der Waals surface area contributed by atoms with E-state index in [0.29, 0.717) is 11.5 Å². The summed E-state index contributed by atoms with van der Waals surface area (Å²) in [4.78, 5) is 0.514. The zero-order valence-electron chi connectivity index (χ0n) is 22.3. The van der Waals surface area contributed by atoms with Gasteiger partial charge in [-0.15, -0.1) is 0 Å². The van der Waals surface area contributed by atoms with Gasteiger partial charge in [-0.05, 0) is 104 Å². The molecule has 0 aromatic heterocycles. The van der Waals surface area contributed by atoms with E-state index in [4.69, 9.17) is 9.47 Å². The van der Waals surface area contributed by atoms with Crippen LogP contribution in [0.15, 0.2) is 107 Å². The standard InChI is InChI=1S/C32H34O4S/c1-31(2,3)25-11-19-29(20-12-25)37(33,34)30-21-17-27(18-22-30)35-26-13-7-23(8-14-26)24-9-15-28(16-10-24)36-32(4,5)6/h7-22H,1-6H3. The van der Waals surface area contributed by atoms with Crippen LogP contribution in [0.25, 0.3) is 11.1 Å². The van der Waals surface area contributed by atoms with Crippen LogP contribution in [0.4, 0.5) is 0 Å². The molecule has 37 heavy (non-hydrogen) atoms. The molecule has 0 saturated heterocycles. The van der Waals surface area contributed by atoms with Crippen LogP contribution in [0, 0.1) is 0 Å². The Morgan fingerprint density at radius 1 is 0.514 bits per heavy atom. The molecule has 0 radical (unpaired) electrons. The number of sulfone groups is 1. The summed E-state index contributed by atoms with van der Waals surface area (Å²) in [6, 6.07) is 29.4. The zero-order valence-corrected chi connectivity index (χ0v) is 23.1. The number of benzene rings is 4. The molecular formula is C32H34O4S. The molecule has 0 bridgehead atoms. The first-order valence-corrected chi connectivity index (χ1v) is 13.8. The van der Waals surface area contributed by atoms with Gasteiger partial charge in [0.05, 0.1) is 9.79 Å². The number of hydrogen-bond acceptors (Lipinski definition) is 4. The monoisotopic (exact) mass is 514 g/mol. The van der Waals surface area contributed by atoms with Crippen LogP contribution < -0.4 is 9.47 Å². The van der Waals surface area contributed by atoms with Gasteiger partial charge in [0.2, 0.25) is 9.84 Å². The lowest BCUT2D eigenvalue weighted by Crippen LogP contribution is -2.22. The third-order valence-corrected chi connectivity index (χ3v) is 7.65. The fourth-order valence-electron chi connectivity index (χ4n) is 3.88. The molecule has 0 aliphatic rings. The van der Waals surface area contributed by atoms with Gasteiger partial charge < -0.3 is 9.47 Å². The van der Waals surface area contributed by atoms with Crippen molar-refractivity contribution < 1.29 is 17.9 Å². The smallest absolute Gasteiger partial charge is 0.206 e. The zero-order chi connectivity index (χ0) is 26.8. The van der Waals surface area contributed by atoms with Gasteiger partial charge >= 0.3 is 0 Å². The highest BCUT2D eigenvalue weighted by Gasteiger charge is 2.20. The lowest BCUT2D eigenvalue weighted by Gasteiger charge is -2.21. The minimum atomic E-state index is -3.60. The van der Waals surface area contributed by atoms with Crippen molar-refractivity contribution in [2.75, 3.05) is 0 Å². The van der Waals surface area contributed by atoms with Crippen molar-refractivity contribution in [3.8, 4) is 28.4 Å². The highest BCUT2D eigenvalue weighted by Crippen LogP contribution is 2.30. The average molecular weight is 515 g/mol. The highest BCUT2D eigenvalue weighted by molar-refractivity contribution is 7.91. The van der Waals surface area contributed by atoms with Gasteiger partial charge in [0.25, 0.3) is 0 Å². The molecule has 5 heteroatoms. The van der Waals surface area contributed by atoms with Gasteiger partial charge in [0.1, 0.15) is 22.8 Å². The molecule has 0 saturated carbocycles. The van der Waals surface area contributed by atoms with Crippen LogP contribution in [-0.2, 0) is 15.3 Å². The SMILES string of the molecule is CC(C)(C)Oc1ccc(-c2ccc(Oc3ccc(S(=O)(=O)c4ccc(C(C)(C)C)cc4)cc3)cc2)cc1. The Morgan fingerprint density at radius 2 is 0.892 bits per heavy atom. The molecular weight excluding hydrogens is 480 g/mol. The minimum Gasteiger partial charge on any atom is -0.488 e. The first-order chi connectivity index (χ1) is 17.3. The van der Waals surface area contributed by atoms with Crippen LogP contribution >= 0.6 is 0 Å². The van der Waals surface area contributed by atoms with Crippen LogP contribution in [0.3, 0.4) is 0 Å². The summed E-state index contributed by atoms with van der Waals surface area (Å²) in [5, 5.41) is 0. The summed E-state index contributed by atoms with van der Waals surface area (Å²) >= 11 is 0. The molecule has 0 spiro atoms. The van der Waals surface area contributed by atoms with Gasteiger partial charge in [0.15, 0.2) is 0 Å². The summed E-state index contributed by atoms with van der Waals surface area (Å²) in [6.07, 6.45) is 0. The van der Waals surface area contributed by atoms with E-state index in [1.807, 2.05) is 81.4 Å². The van der Waals surface area contributed by atoms with E-state index in [0.717, 1.165) is 22.4 Å². The molecule has 0 amide bonds. The topological polar surface area (TPSA) is 52.6 Å². The first-order valence-electron chi connectivity index (χ1n) is 12.3. The molecule has 0 atom stereocenters. The summed E-state index contributed by atoms with van der Waals surface area (Å²) in [7, 11) is -3.60. The highest BCUT2D eigenvalue weighted by atomic mass is 32.2. The average Bonchev–Trinajstić information content (AvgIpc) is 2.84. The largest absolute Gasteiger partial charge is 0.488 e. The summed E-state index contributed by atoms with van der Waals surface area (Å²) in [6.45, 7) is 12.4. The molecule has 0 heterocycles. The Balaban J connectivity index is 1.43. The summed E-state index contributed by atoms with van der Waals surface area (Å²) in [5.41, 5.74) is 2.96. The van der Waals surface area contributed by atoms with Crippen molar-refractivity contribution in [2.24, 2.45) is 0 Å². The summed E-state index contributed by atoms with van der Waals surface area (Å²) < 4.78 is 38.0. The molecule has 192 valence electrons. The lowest BCUT2D eigenvalue weighted by atomic mass is 9.87. The third-order valence-electron chi connectivity index (χ3n) is 5.87. The maximum Gasteiger partial charge on any atom is 0.206 e. The van der Waals surface area contributed by atoms with Crippen LogP contribution in [-0.4, -0.2) is 14.0 Å². The Morgan fingerprint density at radius 3 is 1.30 bits per heavy atom. The third kappa shape index (κ3) is 6.60. The maximum absolute atomic E-state index is 13.1. The van der Waals surface area contributed by atoms with E-state index in [9.17, 15) is 8.42 Å². The molecule has 0 aliphatic carbocycles. The Hall–Kier alpha value is -3.57. The second-order valence-corrected chi connectivity index (χ2v) is 13.1. The van der Waals surface area contributed by atoms with Gasteiger partial charge in [0, 0.05) is 0 Å².